The molecule has 0 bridgehead atoms. The van der Waals surface area contributed by atoms with Gasteiger partial charge in [-0.1, -0.05) is 13.3 Å². The summed E-state index contributed by atoms with van der Waals surface area (Å²) in [5.74, 6) is 0.814. The van der Waals surface area contributed by atoms with Crippen LogP contribution < -0.4 is 10.1 Å². The lowest BCUT2D eigenvalue weighted by Gasteiger charge is -2.27. The minimum absolute atomic E-state index is 0.0800. The zero-order valence-corrected chi connectivity index (χ0v) is 12.6. The highest BCUT2D eigenvalue weighted by atomic mass is 16.5. The molecule has 1 aromatic heterocycles. The van der Waals surface area contributed by atoms with E-state index in [0.717, 1.165) is 32.2 Å². The predicted octanol–water partition coefficient (Wildman–Crippen LogP) is 2.97. The molecule has 1 aromatic rings. The second-order valence-electron chi connectivity index (χ2n) is 5.77. The highest BCUT2D eigenvalue weighted by molar-refractivity contribution is 6.03. The summed E-state index contributed by atoms with van der Waals surface area (Å²) in [7, 11) is 0. The summed E-state index contributed by atoms with van der Waals surface area (Å²) < 4.78 is 5.63. The number of ketones is 1. The number of nitrogens with one attached hydrogen (secondary N) is 1. The molecule has 4 heteroatoms. The fraction of sp³-hybridized carbons (Fsp3) is 0.625. The van der Waals surface area contributed by atoms with Crippen molar-refractivity contribution in [3.8, 4) is 5.75 Å². The standard InChI is InChI=1S/C16H24N2O2/c1-4-6-16(7-5-8-18-16)15(19)13-9-14(11-17-10-13)20-12(2)3/h9-12,18H,4-8H2,1-3H3. The average Bonchev–Trinajstić information content (AvgIpc) is 2.87. The summed E-state index contributed by atoms with van der Waals surface area (Å²) in [5.41, 5.74) is 0.248. The first-order valence-electron chi connectivity index (χ1n) is 7.49. The zero-order valence-electron chi connectivity index (χ0n) is 12.6. The number of nitrogens with zero attached hydrogens (tertiary/aromatic N) is 1. The van der Waals surface area contributed by atoms with Crippen LogP contribution in [0.5, 0.6) is 5.75 Å². The van der Waals surface area contributed by atoms with Gasteiger partial charge < -0.3 is 10.1 Å². The third-order valence-electron chi connectivity index (χ3n) is 3.70. The maximum atomic E-state index is 12.8. The normalized spacial score (nSPS) is 22.2. The number of carbonyl (C=O) groups is 1. The summed E-state index contributed by atoms with van der Waals surface area (Å²) in [6, 6.07) is 1.81. The van der Waals surface area contributed by atoms with Crippen LogP contribution in [0.25, 0.3) is 0 Å². The fourth-order valence-electron chi connectivity index (χ4n) is 2.91. The molecule has 0 saturated carbocycles. The average molecular weight is 276 g/mol. The molecule has 1 fully saturated rings. The van der Waals surface area contributed by atoms with Crippen LogP contribution in [0.4, 0.5) is 0 Å². The first-order chi connectivity index (χ1) is 9.57. The Morgan fingerprint density at radius 1 is 1.50 bits per heavy atom. The van der Waals surface area contributed by atoms with Crippen molar-refractivity contribution in [2.75, 3.05) is 6.54 Å². The van der Waals surface area contributed by atoms with Crippen LogP contribution in [0.15, 0.2) is 18.5 Å². The lowest BCUT2D eigenvalue weighted by atomic mass is 9.84. The number of carbonyl (C=O) groups excluding carboxylic acids is 1. The molecule has 0 radical (unpaired) electrons. The molecule has 1 unspecified atom stereocenters. The molecule has 2 rings (SSSR count). The molecular weight excluding hydrogens is 252 g/mol. The van der Waals surface area contributed by atoms with Crippen LogP contribution in [0.1, 0.15) is 56.8 Å². The molecule has 20 heavy (non-hydrogen) atoms. The van der Waals surface area contributed by atoms with Gasteiger partial charge in [0, 0.05) is 11.8 Å². The number of hydrogen-bond donors (Lipinski definition) is 1. The lowest BCUT2D eigenvalue weighted by Crippen LogP contribution is -2.47. The van der Waals surface area contributed by atoms with E-state index in [2.05, 4.69) is 17.2 Å². The predicted molar refractivity (Wildman–Crippen MR) is 79.2 cm³/mol. The van der Waals surface area contributed by atoms with Crippen LogP contribution in [-0.4, -0.2) is 29.0 Å². The quantitative estimate of drug-likeness (QED) is 0.812. The van der Waals surface area contributed by atoms with Crippen LogP contribution in [-0.2, 0) is 0 Å². The van der Waals surface area contributed by atoms with Gasteiger partial charge >= 0.3 is 0 Å². The van der Waals surface area contributed by atoms with Crippen molar-refractivity contribution in [1.82, 2.24) is 10.3 Å². The highest BCUT2D eigenvalue weighted by Gasteiger charge is 2.40. The minimum Gasteiger partial charge on any atom is -0.489 e. The molecule has 1 atom stereocenters. The van der Waals surface area contributed by atoms with E-state index in [1.54, 1.807) is 12.4 Å². The Labute approximate surface area is 120 Å². The fourth-order valence-corrected chi connectivity index (χ4v) is 2.91. The van der Waals surface area contributed by atoms with Gasteiger partial charge in [0.2, 0.25) is 0 Å². The van der Waals surface area contributed by atoms with E-state index in [4.69, 9.17) is 4.74 Å². The topological polar surface area (TPSA) is 51.2 Å². The second-order valence-corrected chi connectivity index (χ2v) is 5.77. The summed E-state index contributed by atoms with van der Waals surface area (Å²) in [4.78, 5) is 17.0. The molecule has 1 aliphatic heterocycles. The van der Waals surface area contributed by atoms with Crippen molar-refractivity contribution < 1.29 is 9.53 Å². The molecule has 110 valence electrons. The van der Waals surface area contributed by atoms with Crippen molar-refractivity contribution in [2.24, 2.45) is 0 Å². The lowest BCUT2D eigenvalue weighted by molar-refractivity contribution is 0.0856. The Kier molecular flexibility index (Phi) is 4.76. The Hall–Kier alpha value is -1.42. The molecule has 0 aliphatic carbocycles. The monoisotopic (exact) mass is 276 g/mol. The van der Waals surface area contributed by atoms with Crippen LogP contribution in [0, 0.1) is 0 Å². The summed E-state index contributed by atoms with van der Waals surface area (Å²) in [5, 5.41) is 3.41. The molecule has 0 spiro atoms. The summed E-state index contributed by atoms with van der Waals surface area (Å²) in [6.45, 7) is 6.96. The first kappa shape index (κ1) is 15.0. The van der Waals surface area contributed by atoms with Gasteiger partial charge in [0.25, 0.3) is 0 Å². The van der Waals surface area contributed by atoms with Crippen molar-refractivity contribution in [3.63, 3.8) is 0 Å². The molecule has 1 N–H and O–H groups in total. The van der Waals surface area contributed by atoms with E-state index in [-0.39, 0.29) is 11.9 Å². The van der Waals surface area contributed by atoms with Gasteiger partial charge in [-0.05, 0) is 45.7 Å². The largest absolute Gasteiger partial charge is 0.489 e. The smallest absolute Gasteiger partial charge is 0.184 e. The highest BCUT2D eigenvalue weighted by Crippen LogP contribution is 2.29. The van der Waals surface area contributed by atoms with Gasteiger partial charge in [-0.3, -0.25) is 9.78 Å². The van der Waals surface area contributed by atoms with E-state index >= 15 is 0 Å². The molecule has 0 aromatic carbocycles. The third-order valence-corrected chi connectivity index (χ3v) is 3.70. The van der Waals surface area contributed by atoms with Crippen molar-refractivity contribution in [3.05, 3.63) is 24.0 Å². The van der Waals surface area contributed by atoms with Crippen LogP contribution in [0.3, 0.4) is 0 Å². The van der Waals surface area contributed by atoms with Crippen LogP contribution in [0.2, 0.25) is 0 Å². The van der Waals surface area contributed by atoms with Gasteiger partial charge in [-0.25, -0.2) is 0 Å². The van der Waals surface area contributed by atoms with Gasteiger partial charge in [-0.15, -0.1) is 0 Å². The summed E-state index contributed by atoms with van der Waals surface area (Å²) >= 11 is 0. The number of hydrogen-bond acceptors (Lipinski definition) is 4. The van der Waals surface area contributed by atoms with Crippen molar-refractivity contribution >= 4 is 5.78 Å². The first-order valence-corrected chi connectivity index (χ1v) is 7.49. The van der Waals surface area contributed by atoms with Gasteiger partial charge in [0.15, 0.2) is 5.78 Å². The van der Waals surface area contributed by atoms with E-state index in [1.165, 1.54) is 0 Å². The van der Waals surface area contributed by atoms with Gasteiger partial charge in [0.1, 0.15) is 5.75 Å². The van der Waals surface area contributed by atoms with E-state index in [9.17, 15) is 4.79 Å². The number of pyridine rings is 1. The minimum atomic E-state index is -0.396. The van der Waals surface area contributed by atoms with Gasteiger partial charge in [-0.2, -0.15) is 0 Å². The SMILES string of the molecule is CCCC1(C(=O)c2cncc(OC(C)C)c2)CCCN1. The molecule has 1 aliphatic rings. The zero-order chi connectivity index (χ0) is 14.6. The van der Waals surface area contributed by atoms with E-state index in [0.29, 0.717) is 11.3 Å². The Bertz CT molecular complexity index is 465. The van der Waals surface area contributed by atoms with E-state index in [1.807, 2.05) is 19.9 Å². The Morgan fingerprint density at radius 2 is 2.30 bits per heavy atom. The molecular formula is C16H24N2O2. The maximum Gasteiger partial charge on any atom is 0.184 e. The summed E-state index contributed by atoms with van der Waals surface area (Å²) in [6.07, 6.45) is 7.22. The van der Waals surface area contributed by atoms with Crippen molar-refractivity contribution in [1.29, 1.82) is 0 Å². The number of aromatic nitrogens is 1. The molecule has 0 amide bonds. The molecule has 1 saturated heterocycles. The maximum absolute atomic E-state index is 12.8. The number of rotatable bonds is 6. The molecule has 4 nitrogen and oxygen atoms in total. The molecule has 2 heterocycles. The third kappa shape index (κ3) is 3.18. The number of Topliss-reactive ketones (excluding diaryl/α,β-unsaturated/α-hetero) is 1. The Balaban J connectivity index is 2.23. The van der Waals surface area contributed by atoms with Crippen molar-refractivity contribution in [2.45, 2.75) is 58.1 Å². The van der Waals surface area contributed by atoms with E-state index < -0.39 is 5.54 Å². The van der Waals surface area contributed by atoms with Crippen LogP contribution >= 0.6 is 0 Å². The van der Waals surface area contributed by atoms with Gasteiger partial charge in [0.05, 0.1) is 17.8 Å². The number of ether oxygens (including phenoxy) is 1. The Morgan fingerprint density at radius 3 is 2.90 bits per heavy atom. The second kappa shape index (κ2) is 6.35.